The summed E-state index contributed by atoms with van der Waals surface area (Å²) in [4.78, 5) is 7.92. The average molecular weight is 287 g/mol. The van der Waals surface area contributed by atoms with Crippen LogP contribution in [-0.4, -0.2) is 28.1 Å². The zero-order valence-corrected chi connectivity index (χ0v) is 12.3. The van der Waals surface area contributed by atoms with Gasteiger partial charge in [-0.3, -0.25) is 0 Å². The van der Waals surface area contributed by atoms with E-state index in [1.54, 1.807) is 10.8 Å². The molecule has 1 aliphatic rings. The Kier molecular flexibility index (Phi) is 4.54. The second-order valence-corrected chi connectivity index (χ2v) is 7.88. The van der Waals surface area contributed by atoms with Gasteiger partial charge in [-0.1, -0.05) is 30.3 Å². The molecular formula is C12H15ClN2S2. The fraction of sp³-hybridized carbons (Fsp3) is 0.333. The van der Waals surface area contributed by atoms with Crippen molar-refractivity contribution in [3.8, 4) is 0 Å². The van der Waals surface area contributed by atoms with Gasteiger partial charge < -0.3 is 4.90 Å². The Hall–Kier alpha value is -0.450. The second kappa shape index (κ2) is 5.94. The molecule has 1 aromatic carbocycles. The second-order valence-electron chi connectivity index (χ2n) is 3.54. The van der Waals surface area contributed by atoms with Crippen molar-refractivity contribution in [3.05, 3.63) is 35.9 Å². The van der Waals surface area contributed by atoms with Crippen LogP contribution in [0.1, 0.15) is 19.4 Å². The van der Waals surface area contributed by atoms with E-state index in [1.165, 1.54) is 0 Å². The Balaban J connectivity index is 2.27. The third-order valence-electron chi connectivity index (χ3n) is 2.55. The van der Waals surface area contributed by atoms with Crippen molar-refractivity contribution in [1.82, 2.24) is 4.90 Å². The zero-order valence-electron chi connectivity index (χ0n) is 9.89. The van der Waals surface area contributed by atoms with Crippen molar-refractivity contribution in [1.29, 1.82) is 0 Å². The Labute approximate surface area is 113 Å². The molecule has 0 N–H and O–H groups in total. The molecule has 1 aliphatic heterocycles. The van der Waals surface area contributed by atoms with Crippen LogP contribution in [-0.2, 0) is 0 Å². The maximum atomic E-state index is 6.38. The first-order valence-electron chi connectivity index (χ1n) is 5.61. The van der Waals surface area contributed by atoms with Gasteiger partial charge in [0.05, 0.1) is 0 Å². The number of aliphatic imine (C=N–C) groups is 1. The highest BCUT2D eigenvalue weighted by Crippen LogP contribution is 2.45. The van der Waals surface area contributed by atoms with E-state index in [0.717, 1.165) is 28.8 Å². The Morgan fingerprint density at radius 3 is 2.47 bits per heavy atom. The van der Waals surface area contributed by atoms with Gasteiger partial charge in [0, 0.05) is 18.7 Å². The lowest BCUT2D eigenvalue weighted by molar-refractivity contribution is 0.476. The largest absolute Gasteiger partial charge is 0.351 e. The molecule has 1 atom stereocenters. The van der Waals surface area contributed by atoms with Gasteiger partial charge >= 0.3 is 0 Å². The van der Waals surface area contributed by atoms with E-state index in [0.29, 0.717) is 0 Å². The number of benzene rings is 1. The van der Waals surface area contributed by atoms with Crippen molar-refractivity contribution in [2.24, 2.45) is 4.99 Å². The summed E-state index contributed by atoms with van der Waals surface area (Å²) >= 11 is 0. The molecule has 0 bridgehead atoms. The number of hydrogen-bond acceptors (Lipinski definition) is 3. The molecule has 1 unspecified atom stereocenters. The minimum Gasteiger partial charge on any atom is -0.351 e. The van der Waals surface area contributed by atoms with Crippen molar-refractivity contribution >= 4 is 40.4 Å². The monoisotopic (exact) mass is 286 g/mol. The van der Waals surface area contributed by atoms with E-state index in [1.807, 2.05) is 18.2 Å². The predicted molar refractivity (Wildman–Crippen MR) is 81.9 cm³/mol. The minimum atomic E-state index is -0.355. The van der Waals surface area contributed by atoms with Crippen LogP contribution >= 0.6 is 30.2 Å². The summed E-state index contributed by atoms with van der Waals surface area (Å²) in [5.74, 6) is 0. The first kappa shape index (κ1) is 13.0. The molecule has 0 amide bonds. The zero-order chi connectivity index (χ0) is 12.3. The number of nitrogens with zero attached hydrogens (tertiary/aromatic N) is 2. The maximum Gasteiger partial charge on any atom is 0.176 e. The first-order chi connectivity index (χ1) is 8.26. The molecule has 0 saturated carbocycles. The van der Waals surface area contributed by atoms with Gasteiger partial charge in [-0.15, -0.1) is 0 Å². The summed E-state index contributed by atoms with van der Waals surface area (Å²) in [6.07, 6.45) is 0. The molecule has 2 rings (SSSR count). The van der Waals surface area contributed by atoms with Crippen LogP contribution in [0, 0.1) is 0 Å². The summed E-state index contributed by atoms with van der Waals surface area (Å²) in [6, 6.07) is 10.2. The number of halogens is 1. The molecule has 0 saturated heterocycles. The molecule has 0 fully saturated rings. The van der Waals surface area contributed by atoms with Crippen molar-refractivity contribution in [3.63, 3.8) is 0 Å². The third kappa shape index (κ3) is 2.87. The Morgan fingerprint density at radius 1 is 1.24 bits per heavy atom. The molecule has 0 aromatic heterocycles. The van der Waals surface area contributed by atoms with E-state index < -0.39 is 0 Å². The van der Waals surface area contributed by atoms with Gasteiger partial charge in [0.15, 0.2) is 5.17 Å². The highest BCUT2D eigenvalue weighted by atomic mass is 35.7. The van der Waals surface area contributed by atoms with Gasteiger partial charge in [0.25, 0.3) is 0 Å². The normalized spacial score (nSPS) is 19.4. The lowest BCUT2D eigenvalue weighted by Gasteiger charge is -2.18. The van der Waals surface area contributed by atoms with Gasteiger partial charge in [-0.05, 0) is 44.1 Å². The smallest absolute Gasteiger partial charge is 0.176 e. The molecule has 17 heavy (non-hydrogen) atoms. The van der Waals surface area contributed by atoms with Crippen LogP contribution in [0.3, 0.4) is 0 Å². The van der Waals surface area contributed by atoms with Gasteiger partial charge in [-0.25, -0.2) is 4.99 Å². The van der Waals surface area contributed by atoms with E-state index in [4.69, 9.17) is 10.7 Å². The van der Waals surface area contributed by atoms with Crippen LogP contribution < -0.4 is 0 Å². The van der Waals surface area contributed by atoms with Crippen LogP contribution in [0.5, 0.6) is 0 Å². The SMILES string of the molecule is CCN(CC)C1=NC(c2ccccc2)=S(Cl)S1. The van der Waals surface area contributed by atoms with Crippen LogP contribution in [0.25, 0.3) is 0 Å². The summed E-state index contributed by atoms with van der Waals surface area (Å²) < 4.78 is 0. The lowest BCUT2D eigenvalue weighted by Crippen LogP contribution is -2.27. The van der Waals surface area contributed by atoms with Crippen LogP contribution in [0.4, 0.5) is 0 Å². The fourth-order valence-electron chi connectivity index (χ4n) is 1.60. The number of hydrogen-bond donors (Lipinski definition) is 0. The molecule has 0 radical (unpaired) electrons. The summed E-state index contributed by atoms with van der Waals surface area (Å²) in [5, 5.41) is 1.05. The first-order valence-corrected chi connectivity index (χ1v) is 8.99. The topological polar surface area (TPSA) is 15.6 Å². The molecule has 92 valence electrons. The molecule has 5 heteroatoms. The summed E-state index contributed by atoms with van der Waals surface area (Å²) in [7, 11) is 7.68. The van der Waals surface area contributed by atoms with E-state index >= 15 is 0 Å². The van der Waals surface area contributed by atoms with Gasteiger partial charge in [0.1, 0.15) is 4.99 Å². The summed E-state index contributed by atoms with van der Waals surface area (Å²) in [6.45, 7) is 6.22. The molecule has 0 spiro atoms. The molecular weight excluding hydrogens is 272 g/mol. The van der Waals surface area contributed by atoms with Gasteiger partial charge in [0.2, 0.25) is 0 Å². The van der Waals surface area contributed by atoms with Crippen LogP contribution in [0.15, 0.2) is 35.3 Å². The Morgan fingerprint density at radius 2 is 1.88 bits per heavy atom. The lowest BCUT2D eigenvalue weighted by atomic mass is 10.2. The highest BCUT2D eigenvalue weighted by Gasteiger charge is 2.21. The molecule has 0 aliphatic carbocycles. The fourth-order valence-corrected chi connectivity index (χ4v) is 5.18. The quantitative estimate of drug-likeness (QED) is 0.618. The molecule has 1 heterocycles. The highest BCUT2D eigenvalue weighted by molar-refractivity contribution is 8.97. The average Bonchev–Trinajstić information content (AvgIpc) is 2.74. The molecule has 1 aromatic rings. The minimum absolute atomic E-state index is 0.355. The standard InChI is InChI=1S/C12H15ClN2S2/c1-3-15(4-2)12-14-11(17(13)16-12)10-8-6-5-7-9-10/h5-9H,3-4H2,1-2H3. The van der Waals surface area contributed by atoms with E-state index in [2.05, 4.69) is 35.9 Å². The number of rotatable bonds is 3. The molecule has 2 nitrogen and oxygen atoms in total. The Bertz CT molecular complexity index is 453. The van der Waals surface area contributed by atoms with Crippen molar-refractivity contribution < 1.29 is 0 Å². The third-order valence-corrected chi connectivity index (χ3v) is 6.19. The maximum absolute atomic E-state index is 6.38. The van der Waals surface area contributed by atoms with E-state index in [-0.39, 0.29) is 8.73 Å². The van der Waals surface area contributed by atoms with E-state index in [9.17, 15) is 0 Å². The predicted octanol–water partition coefficient (Wildman–Crippen LogP) is 3.95. The van der Waals surface area contributed by atoms with Crippen molar-refractivity contribution in [2.45, 2.75) is 13.8 Å². The number of amidine groups is 1. The van der Waals surface area contributed by atoms with Crippen molar-refractivity contribution in [2.75, 3.05) is 13.1 Å². The van der Waals surface area contributed by atoms with Gasteiger partial charge in [-0.2, -0.15) is 0 Å². The summed E-state index contributed by atoms with van der Waals surface area (Å²) in [5.41, 5.74) is 1.13. The van der Waals surface area contributed by atoms with Crippen LogP contribution in [0.2, 0.25) is 0 Å².